The van der Waals surface area contributed by atoms with E-state index in [1.165, 1.54) is 4.88 Å². The second-order valence-electron chi connectivity index (χ2n) is 4.78. The Morgan fingerprint density at radius 3 is 2.94 bits per heavy atom. The summed E-state index contributed by atoms with van der Waals surface area (Å²) in [5.74, 6) is -0.0319. The zero-order chi connectivity index (χ0) is 12.1. The molecule has 1 aliphatic rings. The maximum atomic E-state index is 12.0. The van der Waals surface area contributed by atoms with E-state index in [0.29, 0.717) is 6.61 Å². The molecule has 1 aromatic heterocycles. The van der Waals surface area contributed by atoms with Crippen molar-refractivity contribution in [3.63, 3.8) is 0 Å². The molecule has 0 bridgehead atoms. The van der Waals surface area contributed by atoms with Gasteiger partial charge in [0.1, 0.15) is 0 Å². The van der Waals surface area contributed by atoms with Crippen LogP contribution in [0.25, 0.3) is 0 Å². The predicted octanol–water partition coefficient (Wildman–Crippen LogP) is 2.22. The fourth-order valence-corrected chi connectivity index (χ4v) is 2.75. The molecule has 0 amide bonds. The van der Waals surface area contributed by atoms with Crippen molar-refractivity contribution in [3.8, 4) is 0 Å². The topological polar surface area (TPSA) is 38.3 Å². The van der Waals surface area contributed by atoms with E-state index in [-0.39, 0.29) is 11.4 Å². The molecule has 1 aromatic rings. The molecule has 1 aliphatic heterocycles. The van der Waals surface area contributed by atoms with E-state index in [0.717, 1.165) is 32.4 Å². The lowest BCUT2D eigenvalue weighted by Crippen LogP contribution is -2.41. The van der Waals surface area contributed by atoms with Crippen molar-refractivity contribution in [2.24, 2.45) is 5.41 Å². The van der Waals surface area contributed by atoms with E-state index in [1.54, 1.807) is 11.3 Å². The average Bonchev–Trinajstić information content (AvgIpc) is 2.83. The van der Waals surface area contributed by atoms with Gasteiger partial charge in [-0.05, 0) is 44.3 Å². The van der Waals surface area contributed by atoms with E-state index in [4.69, 9.17) is 4.74 Å². The standard InChI is InChI=1S/C13H19NO2S/c1-13(5-7-14-8-6-13)12(15)16-9-4-11-3-2-10-17-11/h2-3,10,14H,4-9H2,1H3. The van der Waals surface area contributed by atoms with Crippen molar-refractivity contribution < 1.29 is 9.53 Å². The molecule has 0 unspecified atom stereocenters. The molecule has 1 N–H and O–H groups in total. The van der Waals surface area contributed by atoms with E-state index < -0.39 is 0 Å². The Morgan fingerprint density at radius 2 is 2.29 bits per heavy atom. The van der Waals surface area contributed by atoms with Gasteiger partial charge < -0.3 is 10.1 Å². The van der Waals surface area contributed by atoms with Crippen molar-refractivity contribution in [2.75, 3.05) is 19.7 Å². The molecular weight excluding hydrogens is 234 g/mol. The Balaban J connectivity index is 1.76. The van der Waals surface area contributed by atoms with Gasteiger partial charge in [0, 0.05) is 11.3 Å². The van der Waals surface area contributed by atoms with Crippen molar-refractivity contribution in [2.45, 2.75) is 26.2 Å². The van der Waals surface area contributed by atoms with Gasteiger partial charge in [0.15, 0.2) is 0 Å². The molecule has 4 heteroatoms. The smallest absolute Gasteiger partial charge is 0.311 e. The van der Waals surface area contributed by atoms with Gasteiger partial charge in [-0.2, -0.15) is 0 Å². The molecule has 1 fully saturated rings. The molecule has 2 heterocycles. The molecule has 0 aliphatic carbocycles. The van der Waals surface area contributed by atoms with E-state index >= 15 is 0 Å². The lowest BCUT2D eigenvalue weighted by Gasteiger charge is -2.31. The Morgan fingerprint density at radius 1 is 1.53 bits per heavy atom. The summed E-state index contributed by atoms with van der Waals surface area (Å²) < 4.78 is 5.40. The zero-order valence-corrected chi connectivity index (χ0v) is 11.0. The van der Waals surface area contributed by atoms with Crippen molar-refractivity contribution in [3.05, 3.63) is 22.4 Å². The molecule has 94 valence electrons. The van der Waals surface area contributed by atoms with E-state index in [1.807, 2.05) is 18.4 Å². The highest BCUT2D eigenvalue weighted by molar-refractivity contribution is 7.09. The molecule has 0 saturated carbocycles. The van der Waals surface area contributed by atoms with Gasteiger partial charge in [0.25, 0.3) is 0 Å². The van der Waals surface area contributed by atoms with Crippen molar-refractivity contribution >= 4 is 17.3 Å². The fourth-order valence-electron chi connectivity index (χ4n) is 2.06. The number of thiophene rings is 1. The van der Waals surface area contributed by atoms with Crippen LogP contribution in [-0.4, -0.2) is 25.7 Å². The number of hydrogen-bond acceptors (Lipinski definition) is 4. The Bertz CT molecular complexity index is 356. The van der Waals surface area contributed by atoms with Gasteiger partial charge >= 0.3 is 5.97 Å². The van der Waals surface area contributed by atoms with Gasteiger partial charge in [0.2, 0.25) is 0 Å². The van der Waals surface area contributed by atoms with Crippen LogP contribution >= 0.6 is 11.3 Å². The van der Waals surface area contributed by atoms with Gasteiger partial charge in [0.05, 0.1) is 12.0 Å². The Hall–Kier alpha value is -0.870. The minimum absolute atomic E-state index is 0.0319. The summed E-state index contributed by atoms with van der Waals surface area (Å²) in [6.45, 7) is 4.34. The first kappa shape index (κ1) is 12.6. The number of esters is 1. The van der Waals surface area contributed by atoms with Gasteiger partial charge in [-0.3, -0.25) is 4.79 Å². The summed E-state index contributed by atoms with van der Waals surface area (Å²) in [5.41, 5.74) is -0.277. The minimum Gasteiger partial charge on any atom is -0.465 e. The van der Waals surface area contributed by atoms with E-state index in [2.05, 4.69) is 11.4 Å². The summed E-state index contributed by atoms with van der Waals surface area (Å²) in [6.07, 6.45) is 2.59. The van der Waals surface area contributed by atoms with Crippen LogP contribution in [0.3, 0.4) is 0 Å². The number of ether oxygens (including phenoxy) is 1. The maximum Gasteiger partial charge on any atom is 0.311 e. The van der Waals surface area contributed by atoms with Crippen LogP contribution in [0.15, 0.2) is 17.5 Å². The molecule has 0 radical (unpaired) electrons. The molecule has 3 nitrogen and oxygen atoms in total. The van der Waals surface area contributed by atoms with Crippen LogP contribution < -0.4 is 5.32 Å². The fraction of sp³-hybridized carbons (Fsp3) is 0.615. The highest BCUT2D eigenvalue weighted by Gasteiger charge is 2.35. The second kappa shape index (κ2) is 5.65. The van der Waals surface area contributed by atoms with Crippen LogP contribution in [0, 0.1) is 5.41 Å². The summed E-state index contributed by atoms with van der Waals surface area (Å²) in [6, 6.07) is 4.10. The quantitative estimate of drug-likeness (QED) is 0.836. The van der Waals surface area contributed by atoms with Crippen LogP contribution in [0.2, 0.25) is 0 Å². The summed E-state index contributed by atoms with van der Waals surface area (Å²) in [5, 5.41) is 5.31. The molecular formula is C13H19NO2S. The molecule has 0 atom stereocenters. The Labute approximate surface area is 106 Å². The molecule has 0 aromatic carbocycles. The maximum absolute atomic E-state index is 12.0. The highest BCUT2D eigenvalue weighted by atomic mass is 32.1. The highest BCUT2D eigenvalue weighted by Crippen LogP contribution is 2.29. The third-order valence-electron chi connectivity index (χ3n) is 3.36. The summed E-state index contributed by atoms with van der Waals surface area (Å²) >= 11 is 1.71. The lowest BCUT2D eigenvalue weighted by atomic mass is 9.81. The van der Waals surface area contributed by atoms with Crippen LogP contribution in [-0.2, 0) is 16.0 Å². The molecule has 1 saturated heterocycles. The molecule has 17 heavy (non-hydrogen) atoms. The van der Waals surface area contributed by atoms with Crippen LogP contribution in [0.4, 0.5) is 0 Å². The first-order valence-electron chi connectivity index (χ1n) is 6.11. The van der Waals surface area contributed by atoms with Crippen LogP contribution in [0.5, 0.6) is 0 Å². The third-order valence-corrected chi connectivity index (χ3v) is 4.30. The van der Waals surface area contributed by atoms with Crippen LogP contribution in [0.1, 0.15) is 24.6 Å². The normalized spacial score (nSPS) is 18.9. The minimum atomic E-state index is -0.277. The molecule has 0 spiro atoms. The van der Waals surface area contributed by atoms with Gasteiger partial charge in [-0.25, -0.2) is 0 Å². The summed E-state index contributed by atoms with van der Waals surface area (Å²) in [7, 11) is 0. The average molecular weight is 253 g/mol. The number of carbonyl (C=O) groups is 1. The van der Waals surface area contributed by atoms with Crippen molar-refractivity contribution in [1.82, 2.24) is 5.32 Å². The third kappa shape index (κ3) is 3.30. The van der Waals surface area contributed by atoms with Gasteiger partial charge in [-0.15, -0.1) is 11.3 Å². The Kier molecular flexibility index (Phi) is 4.18. The van der Waals surface area contributed by atoms with E-state index in [9.17, 15) is 4.79 Å². The SMILES string of the molecule is CC1(C(=O)OCCc2cccs2)CCNCC1. The number of piperidine rings is 1. The lowest BCUT2D eigenvalue weighted by molar-refractivity contribution is -0.156. The number of rotatable bonds is 4. The first-order valence-corrected chi connectivity index (χ1v) is 6.99. The number of carbonyl (C=O) groups excluding carboxylic acids is 1. The largest absolute Gasteiger partial charge is 0.465 e. The summed E-state index contributed by atoms with van der Waals surface area (Å²) in [4.78, 5) is 13.3. The zero-order valence-electron chi connectivity index (χ0n) is 10.2. The molecule has 2 rings (SSSR count). The van der Waals surface area contributed by atoms with Gasteiger partial charge in [-0.1, -0.05) is 6.07 Å². The predicted molar refractivity (Wildman–Crippen MR) is 69.2 cm³/mol. The number of hydrogen-bond donors (Lipinski definition) is 1. The monoisotopic (exact) mass is 253 g/mol. The first-order chi connectivity index (χ1) is 8.21. The van der Waals surface area contributed by atoms with Crippen molar-refractivity contribution in [1.29, 1.82) is 0 Å². The number of nitrogens with one attached hydrogen (secondary N) is 1. The second-order valence-corrected chi connectivity index (χ2v) is 5.81.